The molecule has 0 saturated heterocycles. The highest BCUT2D eigenvalue weighted by Gasteiger charge is 2.25. The molecule has 2 rings (SSSR count). The summed E-state index contributed by atoms with van der Waals surface area (Å²) < 4.78 is 24.7. The van der Waals surface area contributed by atoms with E-state index in [-0.39, 0.29) is 16.0 Å². The van der Waals surface area contributed by atoms with Gasteiger partial charge >= 0.3 is 0 Å². The maximum atomic E-state index is 12.3. The first kappa shape index (κ1) is 18.1. The summed E-state index contributed by atoms with van der Waals surface area (Å²) >= 11 is 0. The summed E-state index contributed by atoms with van der Waals surface area (Å²) in [6, 6.07) is 3.79. The molecule has 1 aromatic carbocycles. The molecule has 0 unspecified atom stereocenters. The van der Waals surface area contributed by atoms with Crippen LogP contribution in [-0.4, -0.2) is 19.1 Å². The SMILES string of the molecule is CC1=C/C(=N\NS(=O)(=O)c2ccc(C)c([N+](=O)[O-])c2)CC(C)(C)C1. The van der Waals surface area contributed by atoms with E-state index in [2.05, 4.69) is 23.8 Å². The van der Waals surface area contributed by atoms with Gasteiger partial charge in [0.2, 0.25) is 0 Å². The minimum Gasteiger partial charge on any atom is -0.258 e. The number of allylic oxidation sites excluding steroid dienone is 2. The lowest BCUT2D eigenvalue weighted by molar-refractivity contribution is -0.385. The van der Waals surface area contributed by atoms with E-state index < -0.39 is 14.9 Å². The fourth-order valence-electron chi connectivity index (χ4n) is 2.89. The van der Waals surface area contributed by atoms with Crippen LogP contribution in [0.4, 0.5) is 5.69 Å². The Labute approximate surface area is 141 Å². The first-order chi connectivity index (χ1) is 11.0. The lowest BCUT2D eigenvalue weighted by atomic mass is 9.77. The van der Waals surface area contributed by atoms with Crippen molar-refractivity contribution in [2.75, 3.05) is 0 Å². The van der Waals surface area contributed by atoms with Gasteiger partial charge in [-0.3, -0.25) is 10.1 Å². The number of hydrogen-bond donors (Lipinski definition) is 1. The molecule has 1 aliphatic rings. The Bertz CT molecular complexity index is 839. The second-order valence-corrected chi connectivity index (χ2v) is 8.57. The van der Waals surface area contributed by atoms with E-state index in [9.17, 15) is 18.5 Å². The molecule has 24 heavy (non-hydrogen) atoms. The number of sulfonamides is 1. The van der Waals surface area contributed by atoms with Gasteiger partial charge in [-0.25, -0.2) is 0 Å². The number of nitro benzene ring substituents is 1. The zero-order valence-electron chi connectivity index (χ0n) is 14.2. The maximum Gasteiger partial charge on any atom is 0.276 e. The summed E-state index contributed by atoms with van der Waals surface area (Å²) in [6.45, 7) is 7.72. The van der Waals surface area contributed by atoms with Crippen molar-refractivity contribution in [3.05, 3.63) is 45.5 Å². The molecule has 0 fully saturated rings. The summed E-state index contributed by atoms with van der Waals surface area (Å²) in [5.41, 5.74) is 1.97. The van der Waals surface area contributed by atoms with E-state index in [0.717, 1.165) is 18.1 Å². The van der Waals surface area contributed by atoms with Gasteiger partial charge in [0.1, 0.15) is 0 Å². The lowest BCUT2D eigenvalue weighted by Crippen LogP contribution is -2.25. The Morgan fingerprint density at radius 3 is 2.50 bits per heavy atom. The Morgan fingerprint density at radius 2 is 1.92 bits per heavy atom. The third-order valence-corrected chi connectivity index (χ3v) is 5.03. The highest BCUT2D eigenvalue weighted by molar-refractivity contribution is 7.89. The molecule has 8 heteroatoms. The van der Waals surface area contributed by atoms with E-state index in [4.69, 9.17) is 0 Å². The first-order valence-corrected chi connectivity index (χ1v) is 8.99. The van der Waals surface area contributed by atoms with Crippen LogP contribution in [0.2, 0.25) is 0 Å². The van der Waals surface area contributed by atoms with Gasteiger partial charge < -0.3 is 0 Å². The normalized spacial score (nSPS) is 19.0. The van der Waals surface area contributed by atoms with Crippen LogP contribution < -0.4 is 4.83 Å². The quantitative estimate of drug-likeness (QED) is 0.664. The standard InChI is InChI=1S/C16H21N3O4S/c1-11-7-13(10-16(3,4)9-11)17-18-24(22,23)14-6-5-12(2)15(8-14)19(20)21/h5-8,18H,9-10H2,1-4H3/b17-13+. The molecule has 0 amide bonds. The van der Waals surface area contributed by atoms with Gasteiger partial charge in [-0.05, 0) is 44.2 Å². The number of nitrogens with one attached hydrogen (secondary N) is 1. The van der Waals surface area contributed by atoms with Gasteiger partial charge in [-0.15, -0.1) is 0 Å². The molecule has 0 heterocycles. The van der Waals surface area contributed by atoms with E-state index in [1.165, 1.54) is 12.1 Å². The van der Waals surface area contributed by atoms with Crippen LogP contribution in [0.5, 0.6) is 0 Å². The van der Waals surface area contributed by atoms with Crippen LogP contribution in [0, 0.1) is 22.5 Å². The smallest absolute Gasteiger partial charge is 0.258 e. The number of aryl methyl sites for hydroxylation is 1. The number of rotatable bonds is 4. The average molecular weight is 351 g/mol. The second kappa shape index (κ2) is 6.35. The van der Waals surface area contributed by atoms with Crippen LogP contribution in [0.1, 0.15) is 39.2 Å². The summed E-state index contributed by atoms with van der Waals surface area (Å²) in [5.74, 6) is 0. The van der Waals surface area contributed by atoms with Crippen molar-refractivity contribution in [1.82, 2.24) is 4.83 Å². The molecule has 7 nitrogen and oxygen atoms in total. The molecule has 0 spiro atoms. The molecule has 0 bridgehead atoms. The molecule has 1 N–H and O–H groups in total. The van der Waals surface area contributed by atoms with Gasteiger partial charge in [0.05, 0.1) is 15.5 Å². The molecule has 0 aliphatic heterocycles. The molecule has 0 aromatic heterocycles. The largest absolute Gasteiger partial charge is 0.276 e. The Balaban J connectivity index is 2.29. The van der Waals surface area contributed by atoms with Crippen LogP contribution in [-0.2, 0) is 10.0 Å². The Kier molecular flexibility index (Phi) is 4.80. The third kappa shape index (κ3) is 4.19. The summed E-state index contributed by atoms with van der Waals surface area (Å²) in [7, 11) is -3.96. The average Bonchev–Trinajstić information content (AvgIpc) is 2.43. The minimum atomic E-state index is -3.96. The molecule has 130 valence electrons. The van der Waals surface area contributed by atoms with Gasteiger partial charge in [0.25, 0.3) is 15.7 Å². The van der Waals surface area contributed by atoms with Gasteiger partial charge in [-0.1, -0.05) is 25.5 Å². The van der Waals surface area contributed by atoms with Crippen LogP contribution in [0.25, 0.3) is 0 Å². The van der Waals surface area contributed by atoms with Crippen LogP contribution in [0.15, 0.2) is 39.8 Å². The van der Waals surface area contributed by atoms with E-state index in [0.29, 0.717) is 17.7 Å². The maximum absolute atomic E-state index is 12.3. The summed E-state index contributed by atoms with van der Waals surface area (Å²) in [4.78, 5) is 12.4. The van der Waals surface area contributed by atoms with Crippen molar-refractivity contribution in [3.8, 4) is 0 Å². The highest BCUT2D eigenvalue weighted by Crippen LogP contribution is 2.33. The monoisotopic (exact) mass is 351 g/mol. The molecule has 0 radical (unpaired) electrons. The number of hydrazone groups is 1. The number of nitro groups is 1. The minimum absolute atomic E-state index is 0.0196. The number of benzene rings is 1. The molecule has 0 atom stereocenters. The summed E-state index contributed by atoms with van der Waals surface area (Å²) in [5, 5.41) is 15.0. The van der Waals surface area contributed by atoms with Crippen molar-refractivity contribution >= 4 is 21.4 Å². The van der Waals surface area contributed by atoms with Crippen molar-refractivity contribution in [3.63, 3.8) is 0 Å². The Hall–Kier alpha value is -2.22. The fourth-order valence-corrected chi connectivity index (χ4v) is 3.75. The topological polar surface area (TPSA) is 102 Å². The molecule has 1 aromatic rings. The lowest BCUT2D eigenvalue weighted by Gasteiger charge is -2.29. The zero-order chi connectivity index (χ0) is 18.1. The van der Waals surface area contributed by atoms with Crippen LogP contribution in [0.3, 0.4) is 0 Å². The summed E-state index contributed by atoms with van der Waals surface area (Å²) in [6.07, 6.45) is 3.45. The molecular formula is C16H21N3O4S. The van der Waals surface area contributed by atoms with Gasteiger partial charge in [0, 0.05) is 11.6 Å². The van der Waals surface area contributed by atoms with Crippen molar-refractivity contribution < 1.29 is 13.3 Å². The highest BCUT2D eigenvalue weighted by atomic mass is 32.2. The van der Waals surface area contributed by atoms with Crippen molar-refractivity contribution in [2.24, 2.45) is 10.5 Å². The number of nitrogens with zero attached hydrogens (tertiary/aromatic N) is 2. The fraction of sp³-hybridized carbons (Fsp3) is 0.438. The first-order valence-electron chi connectivity index (χ1n) is 7.51. The zero-order valence-corrected chi connectivity index (χ0v) is 15.0. The molecular weight excluding hydrogens is 330 g/mol. The van der Waals surface area contributed by atoms with E-state index in [1.807, 2.05) is 13.0 Å². The van der Waals surface area contributed by atoms with Crippen LogP contribution >= 0.6 is 0 Å². The predicted octanol–water partition coefficient (Wildman–Crippen LogP) is 3.30. The number of hydrogen-bond acceptors (Lipinski definition) is 5. The predicted molar refractivity (Wildman–Crippen MR) is 92.4 cm³/mol. The van der Waals surface area contributed by atoms with E-state index in [1.54, 1.807) is 6.92 Å². The van der Waals surface area contributed by atoms with Crippen molar-refractivity contribution in [2.45, 2.75) is 45.4 Å². The van der Waals surface area contributed by atoms with Gasteiger partial charge in [0.15, 0.2) is 0 Å². The van der Waals surface area contributed by atoms with E-state index >= 15 is 0 Å². The second-order valence-electron chi connectivity index (χ2n) is 6.91. The van der Waals surface area contributed by atoms with Gasteiger partial charge in [-0.2, -0.15) is 18.4 Å². The Morgan fingerprint density at radius 1 is 1.25 bits per heavy atom. The molecule has 1 aliphatic carbocycles. The molecule has 0 saturated carbocycles. The third-order valence-electron chi connectivity index (χ3n) is 3.83. The van der Waals surface area contributed by atoms with Crippen molar-refractivity contribution in [1.29, 1.82) is 0 Å².